The molecule has 0 aliphatic heterocycles. The van der Waals surface area contributed by atoms with E-state index in [9.17, 15) is 9.18 Å². The van der Waals surface area contributed by atoms with E-state index in [1.165, 1.54) is 0 Å². The van der Waals surface area contributed by atoms with Gasteiger partial charge in [-0.05, 0) is 34.0 Å². The molecule has 112 valence electrons. The lowest BCUT2D eigenvalue weighted by Gasteiger charge is -2.04. The predicted molar refractivity (Wildman–Crippen MR) is 87.4 cm³/mol. The Balaban J connectivity index is 1.95. The summed E-state index contributed by atoms with van der Waals surface area (Å²) in [7, 11) is 0. The number of carbonyl (C=O) groups is 1. The van der Waals surface area contributed by atoms with E-state index < -0.39 is 5.82 Å². The summed E-state index contributed by atoms with van der Waals surface area (Å²) in [6, 6.07) is 4.88. The van der Waals surface area contributed by atoms with E-state index in [2.05, 4.69) is 37.5 Å². The number of anilines is 1. The maximum absolute atomic E-state index is 13.8. The molecule has 1 N–H and O–H groups in total. The van der Waals surface area contributed by atoms with Crippen molar-refractivity contribution in [1.29, 1.82) is 0 Å². The van der Waals surface area contributed by atoms with Crippen molar-refractivity contribution >= 4 is 50.3 Å². The summed E-state index contributed by atoms with van der Waals surface area (Å²) in [6.45, 7) is 2.08. The molecule has 0 atom stereocenters. The molecule has 0 unspecified atom stereocenters. The fourth-order valence-corrected chi connectivity index (χ4v) is 3.36. The summed E-state index contributed by atoms with van der Waals surface area (Å²) in [5, 5.41) is 3.74. The zero-order chi connectivity index (χ0) is 15.2. The van der Waals surface area contributed by atoms with Crippen molar-refractivity contribution in [2.24, 2.45) is 0 Å². The van der Waals surface area contributed by atoms with Crippen LogP contribution in [0.1, 0.15) is 18.9 Å². The van der Waals surface area contributed by atoms with Crippen molar-refractivity contribution in [3.63, 3.8) is 0 Å². The molecule has 1 amide bonds. The lowest BCUT2D eigenvalue weighted by molar-refractivity contribution is -0.115. The zero-order valence-electron chi connectivity index (χ0n) is 11.2. The minimum Gasteiger partial charge on any atom is -0.300 e. The number of nitrogens with one attached hydrogen (secondary N) is 1. The molecule has 1 aromatic heterocycles. The fourth-order valence-electron chi connectivity index (χ4n) is 1.53. The first-order chi connectivity index (χ1) is 10.1. The maximum atomic E-state index is 13.8. The van der Waals surface area contributed by atoms with Gasteiger partial charge in [0.2, 0.25) is 16.2 Å². The van der Waals surface area contributed by atoms with Crippen LogP contribution in [0.5, 0.6) is 0 Å². The van der Waals surface area contributed by atoms with Gasteiger partial charge >= 0.3 is 0 Å². The smallest absolute Gasteiger partial charge is 0.230 e. The number of aromatic nitrogens is 2. The van der Waals surface area contributed by atoms with Crippen molar-refractivity contribution in [2.75, 3.05) is 11.1 Å². The number of halogens is 2. The minimum absolute atomic E-state index is 0.0394. The predicted octanol–water partition coefficient (Wildman–Crippen LogP) is 4.12. The van der Waals surface area contributed by atoms with Gasteiger partial charge in [-0.25, -0.2) is 4.39 Å². The Morgan fingerprint density at radius 1 is 1.52 bits per heavy atom. The molecule has 0 bridgehead atoms. The Morgan fingerprint density at radius 2 is 2.33 bits per heavy atom. The number of hydrogen-bond acceptors (Lipinski definition) is 5. The average Bonchev–Trinajstić information content (AvgIpc) is 2.89. The van der Waals surface area contributed by atoms with Crippen LogP contribution >= 0.6 is 39.2 Å². The molecule has 2 aromatic rings. The summed E-state index contributed by atoms with van der Waals surface area (Å²) in [6.07, 6.45) is 0.996. The maximum Gasteiger partial charge on any atom is 0.230 e. The molecule has 2 rings (SSSR count). The highest BCUT2D eigenvalue weighted by Gasteiger charge is 2.12. The molecule has 0 radical (unpaired) electrons. The molecule has 4 nitrogen and oxygen atoms in total. The van der Waals surface area contributed by atoms with Crippen molar-refractivity contribution < 1.29 is 9.18 Å². The molecule has 0 aliphatic carbocycles. The van der Waals surface area contributed by atoms with Gasteiger partial charge in [0.15, 0.2) is 0 Å². The highest BCUT2D eigenvalue weighted by molar-refractivity contribution is 9.10. The van der Waals surface area contributed by atoms with Crippen molar-refractivity contribution in [3.05, 3.63) is 34.1 Å². The van der Waals surface area contributed by atoms with Crippen LogP contribution in [0.2, 0.25) is 0 Å². The Morgan fingerprint density at radius 3 is 3.10 bits per heavy atom. The molecule has 0 spiro atoms. The van der Waals surface area contributed by atoms with Gasteiger partial charge in [-0.15, -0.1) is 0 Å². The molecule has 0 saturated carbocycles. The van der Waals surface area contributed by atoms with E-state index in [-0.39, 0.29) is 12.3 Å². The molecule has 0 fully saturated rings. The van der Waals surface area contributed by atoms with Gasteiger partial charge in [0.05, 0.1) is 10.9 Å². The van der Waals surface area contributed by atoms with Gasteiger partial charge in [0.25, 0.3) is 0 Å². The van der Waals surface area contributed by atoms with E-state index in [1.807, 2.05) is 0 Å². The number of thioether (sulfide) groups is 1. The summed E-state index contributed by atoms with van der Waals surface area (Å²) < 4.78 is 18.3. The number of hydrogen-bond donors (Lipinski definition) is 1. The molecule has 0 aliphatic rings. The SMILES string of the molecule is CCCSc1nsc(NC(=O)Cc2cccc(Br)c2F)n1. The summed E-state index contributed by atoms with van der Waals surface area (Å²) >= 11 is 5.78. The number of amides is 1. The van der Waals surface area contributed by atoms with Gasteiger partial charge in [-0.3, -0.25) is 4.79 Å². The number of nitrogens with zero attached hydrogens (tertiary/aromatic N) is 2. The Hall–Kier alpha value is -0.990. The number of rotatable bonds is 6. The molecule has 1 aromatic carbocycles. The summed E-state index contributed by atoms with van der Waals surface area (Å²) in [5.41, 5.74) is 0.340. The summed E-state index contributed by atoms with van der Waals surface area (Å²) in [4.78, 5) is 16.1. The molecule has 1 heterocycles. The molecule has 21 heavy (non-hydrogen) atoms. The monoisotopic (exact) mass is 389 g/mol. The van der Waals surface area contributed by atoms with Crippen molar-refractivity contribution in [2.45, 2.75) is 24.9 Å². The third-order valence-corrected chi connectivity index (χ3v) is 4.88. The number of carbonyl (C=O) groups excluding carboxylic acids is 1. The Kier molecular flexibility index (Phi) is 6.13. The van der Waals surface area contributed by atoms with Crippen molar-refractivity contribution in [1.82, 2.24) is 9.36 Å². The van der Waals surface area contributed by atoms with Crippen LogP contribution in [-0.4, -0.2) is 21.0 Å². The zero-order valence-corrected chi connectivity index (χ0v) is 14.4. The van der Waals surface area contributed by atoms with Gasteiger partial charge < -0.3 is 5.32 Å². The van der Waals surface area contributed by atoms with E-state index in [4.69, 9.17) is 0 Å². The first-order valence-corrected chi connectivity index (χ1v) is 8.84. The van der Waals surface area contributed by atoms with Crippen LogP contribution in [0.25, 0.3) is 0 Å². The molecular formula is C13H13BrFN3OS2. The second kappa shape index (κ2) is 7.86. The van der Waals surface area contributed by atoms with Crippen LogP contribution in [0.4, 0.5) is 9.52 Å². The Labute approximate surface area is 138 Å². The highest BCUT2D eigenvalue weighted by atomic mass is 79.9. The minimum atomic E-state index is -0.413. The third-order valence-electron chi connectivity index (χ3n) is 2.47. The quantitative estimate of drug-likeness (QED) is 0.754. The first-order valence-electron chi connectivity index (χ1n) is 6.29. The van der Waals surface area contributed by atoms with Crippen LogP contribution in [0.15, 0.2) is 27.8 Å². The lowest BCUT2D eigenvalue weighted by atomic mass is 10.1. The summed E-state index contributed by atoms with van der Waals surface area (Å²) in [5.74, 6) is 0.215. The van der Waals surface area contributed by atoms with Gasteiger partial charge in [0.1, 0.15) is 5.82 Å². The second-order valence-corrected chi connectivity index (χ2v) is 6.84. The van der Waals surface area contributed by atoms with Gasteiger partial charge in [-0.1, -0.05) is 30.8 Å². The van der Waals surface area contributed by atoms with Crippen LogP contribution in [0.3, 0.4) is 0 Å². The van der Waals surface area contributed by atoms with Crippen molar-refractivity contribution in [3.8, 4) is 0 Å². The third kappa shape index (κ3) is 4.76. The van der Waals surface area contributed by atoms with E-state index in [1.54, 1.807) is 30.0 Å². The Bertz CT molecular complexity index is 636. The van der Waals surface area contributed by atoms with Crippen LogP contribution in [0, 0.1) is 5.82 Å². The second-order valence-electron chi connectivity index (χ2n) is 4.17. The van der Waals surface area contributed by atoms with E-state index >= 15 is 0 Å². The van der Waals surface area contributed by atoms with E-state index in [0.29, 0.717) is 20.3 Å². The molecule has 0 saturated heterocycles. The topological polar surface area (TPSA) is 54.9 Å². The number of benzene rings is 1. The van der Waals surface area contributed by atoms with Crippen LogP contribution < -0.4 is 5.32 Å². The molecular weight excluding hydrogens is 377 g/mol. The fraction of sp³-hybridized carbons (Fsp3) is 0.308. The first kappa shape index (κ1) is 16.4. The van der Waals surface area contributed by atoms with E-state index in [0.717, 1.165) is 23.7 Å². The molecule has 8 heteroatoms. The van der Waals surface area contributed by atoms with Gasteiger partial charge in [-0.2, -0.15) is 9.36 Å². The largest absolute Gasteiger partial charge is 0.300 e. The normalized spacial score (nSPS) is 10.6. The average molecular weight is 390 g/mol. The van der Waals surface area contributed by atoms with Crippen LogP contribution in [-0.2, 0) is 11.2 Å². The highest BCUT2D eigenvalue weighted by Crippen LogP contribution is 2.22. The van der Waals surface area contributed by atoms with Gasteiger partial charge in [0, 0.05) is 17.3 Å². The standard InChI is InChI=1S/C13H13BrFN3OS2/c1-2-6-20-13-17-12(21-18-13)16-10(19)7-8-4-3-5-9(14)11(8)15/h3-5H,2,6-7H2,1H3,(H,16,17,18,19). The lowest BCUT2D eigenvalue weighted by Crippen LogP contribution is -2.15.